The maximum absolute atomic E-state index is 0. The van der Waals surface area contributed by atoms with Crippen LogP contribution in [-0.4, -0.2) is 0 Å². The fourth-order valence-corrected chi connectivity index (χ4v) is 0. The van der Waals surface area contributed by atoms with E-state index in [1.54, 1.807) is 0 Å². The van der Waals surface area contributed by atoms with Gasteiger partial charge >= 0.3 is 63.7 Å². The summed E-state index contributed by atoms with van der Waals surface area (Å²) in [6.07, 6.45) is 0. The predicted molar refractivity (Wildman–Crippen MR) is 0.686 cm³/mol. The molecule has 0 aliphatic rings. The molecule has 0 rings (SSSR count). The van der Waals surface area contributed by atoms with E-state index in [0.29, 0.717) is 0 Å². The van der Waals surface area contributed by atoms with E-state index >= 15 is 0 Å². The molecule has 19 valence electrons. The van der Waals surface area contributed by atoms with Crippen molar-refractivity contribution in [3.05, 3.63) is 0 Å². The summed E-state index contributed by atoms with van der Waals surface area (Å²) in [5.74, 6) is 0. The zero-order valence-electron chi connectivity index (χ0n) is 2.14. The van der Waals surface area contributed by atoms with E-state index in [1.165, 1.54) is 0 Å². The first-order valence-electron chi connectivity index (χ1n) is 0. The number of rotatable bonds is 0. The van der Waals surface area contributed by atoms with Gasteiger partial charge in [-0.25, -0.2) is 0 Å². The molecule has 0 bridgehead atoms. The van der Waals surface area contributed by atoms with Gasteiger partial charge in [-0.3, -0.25) is 0 Å². The molecule has 0 heterocycles. The predicted octanol–water partition coefficient (Wildman–Crippen LogP) is -3.12. The van der Waals surface area contributed by atoms with E-state index in [0.717, 1.165) is 0 Å². The third-order valence-corrected chi connectivity index (χ3v) is 0. The van der Waals surface area contributed by atoms with Crippen LogP contribution in [0.15, 0.2) is 0 Å². The Balaban J connectivity index is 0. The minimum absolute atomic E-state index is 0. The largest absolute Gasteiger partial charge is 2.00 e. The molecule has 1 radical (unpaired) electrons. The number of hydrogen-bond donors (Lipinski definition) is 0. The molecule has 0 N–H and O–H groups in total. The Bertz CT molecular complexity index is 8.00. The summed E-state index contributed by atoms with van der Waals surface area (Å²) in [6.45, 7) is 0. The van der Waals surface area contributed by atoms with E-state index in [1.807, 2.05) is 0 Å². The molecule has 0 aromatic carbocycles. The first-order chi connectivity index (χ1) is 0. The van der Waals surface area contributed by atoms with Crippen molar-refractivity contribution < 1.29 is 69.2 Å². The van der Waals surface area contributed by atoms with E-state index < -0.39 is 0 Å². The zero-order valence-corrected chi connectivity index (χ0v) is 6.42. The average Bonchev–Trinajstić information content (AvgIpc) is 0. The molecule has 0 amide bonds. The summed E-state index contributed by atoms with van der Waals surface area (Å²) < 4.78 is 0. The molecule has 4 heavy (non-hydrogen) atoms. The first kappa shape index (κ1) is 37.5. The van der Waals surface area contributed by atoms with Crippen molar-refractivity contribution in [3.63, 3.8) is 0 Å². The minimum Gasteiger partial charge on any atom is -2.00 e. The molecule has 0 aliphatic heterocycles. The van der Waals surface area contributed by atoms with E-state index in [2.05, 4.69) is 0 Å². The Kier molecular flexibility index (Phi) is 188. The third-order valence-electron chi connectivity index (χ3n) is 0. The van der Waals surface area contributed by atoms with Crippen molar-refractivity contribution >= 4 is 0 Å². The molecular formula is FeMnNaO+3. The van der Waals surface area contributed by atoms with Gasteiger partial charge in [0.2, 0.25) is 0 Å². The van der Waals surface area contributed by atoms with Crippen LogP contribution in [0.2, 0.25) is 0 Å². The van der Waals surface area contributed by atoms with Crippen molar-refractivity contribution in [1.82, 2.24) is 0 Å². The Morgan fingerprint density at radius 1 is 1.00 bits per heavy atom. The summed E-state index contributed by atoms with van der Waals surface area (Å²) in [5, 5.41) is 0. The van der Waals surface area contributed by atoms with Crippen molar-refractivity contribution in [3.8, 4) is 0 Å². The quantitative estimate of drug-likeness (QED) is 0.327. The van der Waals surface area contributed by atoms with Gasteiger partial charge in [0.25, 0.3) is 0 Å². The van der Waals surface area contributed by atoms with Gasteiger partial charge in [-0.1, -0.05) is 0 Å². The topological polar surface area (TPSA) is 28.5 Å². The summed E-state index contributed by atoms with van der Waals surface area (Å²) in [6, 6.07) is 0. The Hall–Kier alpha value is 2.00. The molecule has 0 aromatic heterocycles. The second-order valence-electron chi connectivity index (χ2n) is 0. The maximum Gasteiger partial charge on any atom is 2.00 e. The van der Waals surface area contributed by atoms with Crippen molar-refractivity contribution in [2.45, 2.75) is 0 Å². The third kappa shape index (κ3) is 9.00. The van der Waals surface area contributed by atoms with E-state index in [4.69, 9.17) is 0 Å². The van der Waals surface area contributed by atoms with Gasteiger partial charge in [-0.05, 0) is 0 Å². The monoisotopic (exact) mass is 150 g/mol. The zero-order chi connectivity index (χ0) is 0. The molecule has 4 heteroatoms. The maximum atomic E-state index is 0. The second kappa shape index (κ2) is 20.0. The van der Waals surface area contributed by atoms with Crippen LogP contribution in [0.3, 0.4) is 0 Å². The fourth-order valence-electron chi connectivity index (χ4n) is 0. The summed E-state index contributed by atoms with van der Waals surface area (Å²) in [7, 11) is 0. The van der Waals surface area contributed by atoms with Gasteiger partial charge in [-0.15, -0.1) is 0 Å². The molecule has 0 aliphatic carbocycles. The van der Waals surface area contributed by atoms with Crippen LogP contribution in [-0.2, 0) is 39.6 Å². The van der Waals surface area contributed by atoms with E-state index in [9.17, 15) is 0 Å². The van der Waals surface area contributed by atoms with Gasteiger partial charge in [0, 0.05) is 0 Å². The smallest absolute Gasteiger partial charge is 2.00 e. The minimum atomic E-state index is 0. The van der Waals surface area contributed by atoms with Gasteiger partial charge < -0.3 is 5.48 Å². The first-order valence-corrected chi connectivity index (χ1v) is 0. The van der Waals surface area contributed by atoms with Gasteiger partial charge in [0.1, 0.15) is 0 Å². The Morgan fingerprint density at radius 3 is 1.00 bits per heavy atom. The van der Waals surface area contributed by atoms with Crippen LogP contribution in [0.5, 0.6) is 0 Å². The molecule has 0 unspecified atom stereocenters. The van der Waals surface area contributed by atoms with Crippen molar-refractivity contribution in [1.29, 1.82) is 0 Å². The molecule has 1 nitrogen and oxygen atoms in total. The van der Waals surface area contributed by atoms with Crippen LogP contribution in [0, 0.1) is 0 Å². The SMILES string of the molecule is [Fe+2].[Mn+2].[Na+].[O-2]. The summed E-state index contributed by atoms with van der Waals surface area (Å²) in [5.41, 5.74) is 0. The molecular weight excluding hydrogens is 150 g/mol. The van der Waals surface area contributed by atoms with Gasteiger partial charge in [0.05, 0.1) is 0 Å². The summed E-state index contributed by atoms with van der Waals surface area (Å²) >= 11 is 0. The van der Waals surface area contributed by atoms with Crippen LogP contribution < -0.4 is 29.6 Å². The van der Waals surface area contributed by atoms with E-state index in [-0.39, 0.29) is 69.2 Å². The Labute approximate surface area is 68.5 Å². The van der Waals surface area contributed by atoms with Crippen LogP contribution in [0.25, 0.3) is 0 Å². The van der Waals surface area contributed by atoms with Gasteiger partial charge in [-0.2, -0.15) is 0 Å². The Morgan fingerprint density at radius 2 is 1.00 bits per heavy atom. The van der Waals surface area contributed by atoms with Crippen molar-refractivity contribution in [2.75, 3.05) is 0 Å². The fraction of sp³-hybridized carbons (Fsp3) is 0. The van der Waals surface area contributed by atoms with Gasteiger partial charge in [0.15, 0.2) is 0 Å². The van der Waals surface area contributed by atoms with Crippen LogP contribution >= 0.6 is 0 Å². The van der Waals surface area contributed by atoms with Crippen LogP contribution in [0.4, 0.5) is 0 Å². The molecule has 0 saturated heterocycles. The molecule has 0 atom stereocenters. The number of hydrogen-bond acceptors (Lipinski definition) is 0. The normalized spacial score (nSPS) is 0. The molecule has 0 saturated carbocycles. The van der Waals surface area contributed by atoms with Crippen molar-refractivity contribution in [2.24, 2.45) is 0 Å². The molecule has 0 spiro atoms. The average molecular weight is 150 g/mol. The molecule has 0 aromatic rings. The molecule has 0 fully saturated rings. The second-order valence-corrected chi connectivity index (χ2v) is 0. The van der Waals surface area contributed by atoms with Crippen LogP contribution in [0.1, 0.15) is 0 Å². The standard InChI is InChI=1S/Fe.Mn.Na.O/q2*+2;+1;-2. The summed E-state index contributed by atoms with van der Waals surface area (Å²) in [4.78, 5) is 0.